The smallest absolute Gasteiger partial charge is 0.317 e. The maximum atomic E-state index is 12.2. The fraction of sp³-hybridized carbons (Fsp3) is 0.357. The first-order valence-electron chi connectivity index (χ1n) is 7.27. The molecule has 1 unspecified atom stereocenters. The molecule has 1 aliphatic heterocycles. The Kier molecular flexibility index (Phi) is 2.47. The van der Waals surface area contributed by atoms with E-state index in [2.05, 4.69) is 0 Å². The van der Waals surface area contributed by atoms with Gasteiger partial charge in [-0.1, -0.05) is 30.3 Å². The summed E-state index contributed by atoms with van der Waals surface area (Å²) in [6, 6.07) is 8.88. The fourth-order valence-electron chi connectivity index (χ4n) is 1.98. The Morgan fingerprint density at radius 2 is 2.11 bits per heavy atom. The zero-order valence-electron chi connectivity index (χ0n) is 13.1. The minimum Gasteiger partial charge on any atom is -0.480 e. The van der Waals surface area contributed by atoms with E-state index in [1.807, 2.05) is 0 Å². The summed E-state index contributed by atoms with van der Waals surface area (Å²) < 4.78 is 22.1. The van der Waals surface area contributed by atoms with Crippen molar-refractivity contribution in [3.05, 3.63) is 35.9 Å². The van der Waals surface area contributed by atoms with E-state index in [1.54, 1.807) is 30.3 Å². The molecule has 0 aromatic heterocycles. The Morgan fingerprint density at radius 3 is 2.68 bits per heavy atom. The van der Waals surface area contributed by atoms with E-state index in [1.165, 1.54) is 4.90 Å². The molecule has 1 aromatic rings. The van der Waals surface area contributed by atoms with E-state index >= 15 is 0 Å². The molecule has 1 N–H and O–H groups in total. The zero-order valence-corrected chi connectivity index (χ0v) is 10.1. The minimum atomic E-state index is -3.07. The average molecular weight is 264 g/mol. The van der Waals surface area contributed by atoms with Crippen LogP contribution in [0.25, 0.3) is 0 Å². The molecular weight excluding hydrogens is 246 g/mol. The van der Waals surface area contributed by atoms with E-state index in [-0.39, 0.29) is 6.54 Å². The molecular formula is C14H15NO4. The van der Waals surface area contributed by atoms with Crippen LogP contribution in [0.2, 0.25) is 0 Å². The number of ketones is 1. The number of nitrogens with zero attached hydrogens (tertiary/aromatic N) is 1. The van der Waals surface area contributed by atoms with Gasteiger partial charge in [0.25, 0.3) is 0 Å². The van der Waals surface area contributed by atoms with Crippen molar-refractivity contribution >= 4 is 17.7 Å². The lowest BCUT2D eigenvalue weighted by molar-refractivity contribution is -0.163. The van der Waals surface area contributed by atoms with Gasteiger partial charge < -0.3 is 10.0 Å². The summed E-state index contributed by atoms with van der Waals surface area (Å²) in [5.41, 5.74) is -1.86. The molecule has 5 nitrogen and oxygen atoms in total. The number of likely N-dealkylation sites (tertiary alicyclic amines) is 1. The van der Waals surface area contributed by atoms with Gasteiger partial charge in [-0.25, -0.2) is 0 Å². The SMILES string of the molecule is [2H]C([2H])([2H])C1(C(=O)O)CC(=O)N(Cc2ccccc2)CC1=O. The number of aliphatic carboxylic acids is 1. The maximum Gasteiger partial charge on any atom is 0.317 e. The quantitative estimate of drug-likeness (QED) is 0.829. The van der Waals surface area contributed by atoms with E-state index in [4.69, 9.17) is 4.11 Å². The summed E-state index contributed by atoms with van der Waals surface area (Å²) in [5.74, 6) is -3.39. The molecule has 1 aromatic carbocycles. The first kappa shape index (κ1) is 9.72. The Balaban J connectivity index is 2.27. The van der Waals surface area contributed by atoms with Crippen molar-refractivity contribution in [2.45, 2.75) is 19.8 Å². The van der Waals surface area contributed by atoms with Gasteiger partial charge in [0.15, 0.2) is 5.78 Å². The Morgan fingerprint density at radius 1 is 1.42 bits per heavy atom. The molecule has 1 amide bonds. The van der Waals surface area contributed by atoms with Gasteiger partial charge in [0.1, 0.15) is 5.41 Å². The number of rotatable bonds is 3. The third kappa shape index (κ3) is 2.50. The maximum absolute atomic E-state index is 12.2. The van der Waals surface area contributed by atoms with Crippen molar-refractivity contribution in [1.29, 1.82) is 0 Å². The topological polar surface area (TPSA) is 74.7 Å². The predicted octanol–water partition coefficient (Wildman–Crippen LogP) is 1.08. The molecule has 0 bridgehead atoms. The first-order valence-corrected chi connectivity index (χ1v) is 5.77. The van der Waals surface area contributed by atoms with Crippen LogP contribution in [-0.4, -0.2) is 34.2 Å². The standard InChI is InChI=1S/C14H15NO4/c1-14(13(18)19)7-12(17)15(9-11(14)16)8-10-5-3-2-4-6-10/h2-6H,7-9H2,1H3,(H,18,19)/i1D3. The molecule has 1 fully saturated rings. The van der Waals surface area contributed by atoms with Crippen molar-refractivity contribution in [3.63, 3.8) is 0 Å². The Hall–Kier alpha value is -2.17. The Labute approximate surface area is 115 Å². The monoisotopic (exact) mass is 264 g/mol. The van der Waals surface area contributed by atoms with Crippen LogP contribution in [0.4, 0.5) is 0 Å². The van der Waals surface area contributed by atoms with Crippen LogP contribution in [0.1, 0.15) is 22.9 Å². The number of benzene rings is 1. The summed E-state index contributed by atoms with van der Waals surface area (Å²) in [5, 5.41) is 9.24. The van der Waals surface area contributed by atoms with Crippen LogP contribution in [0.3, 0.4) is 0 Å². The lowest BCUT2D eigenvalue weighted by atomic mass is 9.79. The van der Waals surface area contributed by atoms with Crippen LogP contribution in [0, 0.1) is 5.41 Å². The van der Waals surface area contributed by atoms with E-state index in [0.29, 0.717) is 0 Å². The van der Waals surface area contributed by atoms with Gasteiger partial charge in [-0.05, 0) is 12.4 Å². The van der Waals surface area contributed by atoms with E-state index in [0.717, 1.165) is 5.56 Å². The first-order chi connectivity index (χ1) is 10.2. The third-order valence-corrected chi connectivity index (χ3v) is 3.16. The number of Topliss-reactive ketones (excluding diaryl/α,β-unsaturated/α-hetero) is 1. The third-order valence-electron chi connectivity index (χ3n) is 3.16. The molecule has 0 radical (unpaired) electrons. The fourth-order valence-corrected chi connectivity index (χ4v) is 1.98. The number of hydrogen-bond donors (Lipinski definition) is 1. The van der Waals surface area contributed by atoms with Crippen LogP contribution in [0.5, 0.6) is 0 Å². The molecule has 0 saturated carbocycles. The van der Waals surface area contributed by atoms with E-state index < -0.39 is 42.9 Å². The van der Waals surface area contributed by atoms with Crippen molar-refractivity contribution in [1.82, 2.24) is 4.90 Å². The molecule has 1 atom stereocenters. The predicted molar refractivity (Wildman–Crippen MR) is 67.2 cm³/mol. The van der Waals surface area contributed by atoms with Gasteiger partial charge in [0.2, 0.25) is 5.91 Å². The van der Waals surface area contributed by atoms with Gasteiger partial charge in [0.05, 0.1) is 6.54 Å². The molecule has 1 aliphatic rings. The van der Waals surface area contributed by atoms with Gasteiger partial charge in [-0.3, -0.25) is 14.4 Å². The number of carboxylic acids is 1. The second-order valence-electron chi connectivity index (χ2n) is 4.55. The second-order valence-corrected chi connectivity index (χ2v) is 4.55. The summed E-state index contributed by atoms with van der Waals surface area (Å²) in [6.45, 7) is -3.44. The highest BCUT2D eigenvalue weighted by atomic mass is 16.4. The van der Waals surface area contributed by atoms with Crippen LogP contribution >= 0.6 is 0 Å². The number of hydrogen-bond acceptors (Lipinski definition) is 3. The zero-order chi connectivity index (χ0) is 16.5. The molecule has 19 heavy (non-hydrogen) atoms. The van der Waals surface area contributed by atoms with Crippen molar-refractivity contribution < 1.29 is 23.6 Å². The molecule has 1 heterocycles. The van der Waals surface area contributed by atoms with Gasteiger partial charge in [-0.2, -0.15) is 0 Å². The molecule has 5 heteroatoms. The largest absolute Gasteiger partial charge is 0.480 e. The van der Waals surface area contributed by atoms with Crippen LogP contribution < -0.4 is 0 Å². The van der Waals surface area contributed by atoms with Crippen molar-refractivity contribution in [3.8, 4) is 0 Å². The van der Waals surface area contributed by atoms with E-state index in [9.17, 15) is 19.5 Å². The van der Waals surface area contributed by atoms with Crippen molar-refractivity contribution in [2.75, 3.05) is 6.54 Å². The molecule has 2 rings (SSSR count). The second kappa shape index (κ2) is 4.84. The lowest BCUT2D eigenvalue weighted by Gasteiger charge is -2.34. The lowest BCUT2D eigenvalue weighted by Crippen LogP contribution is -2.52. The summed E-state index contributed by atoms with van der Waals surface area (Å²) >= 11 is 0. The summed E-state index contributed by atoms with van der Waals surface area (Å²) in [6.07, 6.45) is -0.843. The number of carbonyl (C=O) groups excluding carboxylic acids is 2. The Bertz CT molecular complexity index is 614. The van der Waals surface area contributed by atoms with Gasteiger partial charge in [-0.15, -0.1) is 0 Å². The van der Waals surface area contributed by atoms with Gasteiger partial charge in [0, 0.05) is 17.1 Å². The van der Waals surface area contributed by atoms with Crippen LogP contribution in [-0.2, 0) is 20.9 Å². The summed E-state index contributed by atoms with van der Waals surface area (Å²) in [4.78, 5) is 37.0. The van der Waals surface area contributed by atoms with Gasteiger partial charge >= 0.3 is 5.97 Å². The number of piperidine rings is 1. The highest BCUT2D eigenvalue weighted by Gasteiger charge is 2.48. The highest BCUT2D eigenvalue weighted by molar-refractivity contribution is 6.09. The summed E-state index contributed by atoms with van der Waals surface area (Å²) in [7, 11) is 0. The number of carbonyl (C=O) groups is 3. The molecule has 0 spiro atoms. The molecule has 1 saturated heterocycles. The van der Waals surface area contributed by atoms with Crippen LogP contribution in [0.15, 0.2) is 30.3 Å². The average Bonchev–Trinajstić information content (AvgIpc) is 2.42. The highest BCUT2D eigenvalue weighted by Crippen LogP contribution is 2.29. The number of carboxylic acid groups (broad SMARTS) is 1. The molecule has 0 aliphatic carbocycles. The normalized spacial score (nSPS) is 26.5. The van der Waals surface area contributed by atoms with Crippen molar-refractivity contribution in [2.24, 2.45) is 5.41 Å². The minimum absolute atomic E-state index is 0.141. The number of amides is 1. The molecule has 100 valence electrons.